The highest BCUT2D eigenvalue weighted by Gasteiger charge is 2.76. The third-order valence-corrected chi connectivity index (χ3v) is 6.72. The Bertz CT molecular complexity index is 1380. The molecule has 1 aromatic heterocycles. The van der Waals surface area contributed by atoms with E-state index in [-0.39, 0.29) is 11.4 Å². The van der Waals surface area contributed by atoms with Crippen LogP contribution in [-0.2, 0) is 21.7 Å². The Labute approximate surface area is 201 Å². The molecule has 1 aliphatic rings. The number of aromatic nitrogens is 2. The van der Waals surface area contributed by atoms with Crippen molar-refractivity contribution in [3.63, 3.8) is 0 Å². The molecule has 0 saturated carbocycles. The molecule has 8 nitrogen and oxygen atoms in total. The van der Waals surface area contributed by atoms with Gasteiger partial charge in [-0.2, -0.15) is 4.98 Å². The zero-order valence-electron chi connectivity index (χ0n) is 18.7. The highest BCUT2D eigenvalue weighted by atomic mass is 16.6. The number of hydrogen-bond acceptors (Lipinski definition) is 7. The Balaban J connectivity index is 1.97. The second kappa shape index (κ2) is 8.44. The first-order chi connectivity index (χ1) is 16.9. The fourth-order valence-corrected chi connectivity index (χ4v) is 5.19. The lowest BCUT2D eigenvalue weighted by molar-refractivity contribution is -0.202. The Hall–Kier alpha value is -3.82. The minimum absolute atomic E-state index is 0.00672. The predicted molar refractivity (Wildman–Crippen MR) is 129 cm³/mol. The average Bonchev–Trinajstić information content (AvgIpc) is 3.11. The number of nitrogens with zero attached hydrogens (tertiary/aromatic N) is 2. The normalized spacial score (nSPS) is 28.1. The van der Waals surface area contributed by atoms with Crippen LogP contribution in [0.25, 0.3) is 0 Å². The first-order valence-corrected chi connectivity index (χ1v) is 11.1. The summed E-state index contributed by atoms with van der Waals surface area (Å²) in [6.45, 7) is -0.647. The van der Waals surface area contributed by atoms with Gasteiger partial charge in [-0.25, -0.2) is 4.79 Å². The number of ether oxygens (including phenoxy) is 1. The third kappa shape index (κ3) is 3.08. The van der Waals surface area contributed by atoms with Crippen LogP contribution in [0.1, 0.15) is 16.7 Å². The molecule has 0 bridgehead atoms. The van der Waals surface area contributed by atoms with Crippen molar-refractivity contribution < 1.29 is 20.1 Å². The molecule has 0 amide bonds. The topological polar surface area (TPSA) is 131 Å². The number of hydrogen-bond donors (Lipinski definition) is 4. The monoisotopic (exact) mass is 471 g/mol. The summed E-state index contributed by atoms with van der Waals surface area (Å²) in [6, 6.07) is 27.0. The summed E-state index contributed by atoms with van der Waals surface area (Å²) in [7, 11) is 0. The molecule has 3 aromatic carbocycles. The molecule has 0 aliphatic carbocycles. The second-order valence-corrected chi connectivity index (χ2v) is 8.51. The van der Waals surface area contributed by atoms with E-state index in [1.807, 2.05) is 0 Å². The number of anilines is 1. The van der Waals surface area contributed by atoms with Crippen molar-refractivity contribution in [2.75, 3.05) is 12.3 Å². The molecule has 35 heavy (non-hydrogen) atoms. The molecule has 0 spiro atoms. The van der Waals surface area contributed by atoms with Gasteiger partial charge in [0, 0.05) is 11.8 Å². The molecule has 1 fully saturated rings. The van der Waals surface area contributed by atoms with Gasteiger partial charge in [0.15, 0.2) is 11.2 Å². The smallest absolute Gasteiger partial charge is 0.352 e. The van der Waals surface area contributed by atoms with Crippen LogP contribution < -0.4 is 11.4 Å². The van der Waals surface area contributed by atoms with Gasteiger partial charge in [0.1, 0.15) is 11.9 Å². The van der Waals surface area contributed by atoms with Gasteiger partial charge in [-0.1, -0.05) is 91.0 Å². The van der Waals surface area contributed by atoms with Crippen LogP contribution in [0.3, 0.4) is 0 Å². The van der Waals surface area contributed by atoms with Gasteiger partial charge < -0.3 is 25.8 Å². The maximum Gasteiger partial charge on any atom is 0.352 e. The molecule has 4 aromatic rings. The molecule has 5 N–H and O–H groups in total. The fourth-order valence-electron chi connectivity index (χ4n) is 5.19. The summed E-state index contributed by atoms with van der Waals surface area (Å²) >= 11 is 0. The molecular formula is C27H25N3O5. The highest BCUT2D eigenvalue weighted by Crippen LogP contribution is 2.61. The van der Waals surface area contributed by atoms with Crippen LogP contribution in [0.2, 0.25) is 0 Å². The van der Waals surface area contributed by atoms with Crippen molar-refractivity contribution >= 4 is 5.82 Å². The highest BCUT2D eigenvalue weighted by molar-refractivity contribution is 5.45. The summed E-state index contributed by atoms with van der Waals surface area (Å²) < 4.78 is 7.58. The molecule has 1 saturated heterocycles. The van der Waals surface area contributed by atoms with E-state index in [4.69, 9.17) is 10.5 Å². The van der Waals surface area contributed by atoms with Crippen molar-refractivity contribution in [2.24, 2.45) is 0 Å². The van der Waals surface area contributed by atoms with Gasteiger partial charge in [-0.15, -0.1) is 0 Å². The Morgan fingerprint density at radius 1 is 0.829 bits per heavy atom. The summed E-state index contributed by atoms with van der Waals surface area (Å²) in [5, 5.41) is 35.9. The average molecular weight is 472 g/mol. The van der Waals surface area contributed by atoms with Crippen molar-refractivity contribution in [1.29, 1.82) is 0 Å². The lowest BCUT2D eigenvalue weighted by Crippen LogP contribution is -2.62. The van der Waals surface area contributed by atoms with Crippen molar-refractivity contribution in [3.05, 3.63) is 130 Å². The minimum atomic E-state index is -2.32. The molecule has 1 aliphatic heterocycles. The summed E-state index contributed by atoms with van der Waals surface area (Å²) in [5.74, 6) is -0.00672. The van der Waals surface area contributed by atoms with Gasteiger partial charge >= 0.3 is 5.69 Å². The number of aliphatic hydroxyl groups excluding tert-OH is 1. The Morgan fingerprint density at radius 2 is 1.34 bits per heavy atom. The molecule has 178 valence electrons. The third-order valence-electron chi connectivity index (χ3n) is 6.72. The number of nitrogens with two attached hydrogens (primary N) is 1. The van der Waals surface area contributed by atoms with Crippen LogP contribution in [0, 0.1) is 0 Å². The largest absolute Gasteiger partial charge is 0.394 e. The van der Waals surface area contributed by atoms with Gasteiger partial charge in [0.2, 0.25) is 5.72 Å². The molecule has 2 heterocycles. The van der Waals surface area contributed by atoms with Gasteiger partial charge in [-0.3, -0.25) is 4.57 Å². The first-order valence-electron chi connectivity index (χ1n) is 11.1. The zero-order valence-corrected chi connectivity index (χ0v) is 18.7. The fraction of sp³-hybridized carbons (Fsp3) is 0.185. The number of nitrogen functional groups attached to an aromatic ring is 1. The number of aliphatic hydroxyl groups is 3. The molecule has 4 atom stereocenters. The van der Waals surface area contributed by atoms with E-state index in [9.17, 15) is 20.1 Å². The Kier molecular flexibility index (Phi) is 5.53. The standard InChI is InChI=1S/C27H25N3O5/c28-23-16-17-30(24(32)29-23)27(21-14-8-3-9-15-21)26(34,20-12-6-2-7-13-20)25(33,22(18-31)35-27)19-10-4-1-5-11-19/h1-17,22,31,33-34H,18H2,(H2,28,29,32)/t22-,25-,26-,27-/m1/s1. The van der Waals surface area contributed by atoms with E-state index in [1.54, 1.807) is 91.0 Å². The zero-order chi connectivity index (χ0) is 24.7. The van der Waals surface area contributed by atoms with Crippen LogP contribution >= 0.6 is 0 Å². The molecule has 0 radical (unpaired) electrons. The first kappa shape index (κ1) is 22.9. The van der Waals surface area contributed by atoms with E-state index in [1.165, 1.54) is 12.3 Å². The summed E-state index contributed by atoms with van der Waals surface area (Å²) in [5.41, 5.74) is -0.633. The van der Waals surface area contributed by atoms with Crippen LogP contribution in [0.5, 0.6) is 0 Å². The van der Waals surface area contributed by atoms with Gasteiger partial charge in [0.05, 0.1) is 6.61 Å². The molecule has 8 heteroatoms. The predicted octanol–water partition coefficient (Wildman–Crippen LogP) is 1.69. The minimum Gasteiger partial charge on any atom is -0.394 e. The SMILES string of the molecule is Nc1ccn([C@]2(c3ccccc3)O[C@H](CO)[C@](O)(c3ccccc3)[C@]2(O)c2ccccc2)c(=O)n1. The second-order valence-electron chi connectivity index (χ2n) is 8.51. The van der Waals surface area contributed by atoms with Crippen LogP contribution in [0.4, 0.5) is 5.82 Å². The molecular weight excluding hydrogens is 446 g/mol. The number of rotatable bonds is 5. The van der Waals surface area contributed by atoms with Gasteiger partial charge in [-0.05, 0) is 17.2 Å². The maximum absolute atomic E-state index is 13.3. The van der Waals surface area contributed by atoms with Crippen LogP contribution in [0.15, 0.2) is 108 Å². The number of benzene rings is 3. The summed E-state index contributed by atoms with van der Waals surface area (Å²) in [6.07, 6.45) is 0.0382. The Morgan fingerprint density at radius 3 is 1.86 bits per heavy atom. The molecule has 0 unspecified atom stereocenters. The van der Waals surface area contributed by atoms with E-state index in [0.717, 1.165) is 4.57 Å². The van der Waals surface area contributed by atoms with Crippen molar-refractivity contribution in [3.8, 4) is 0 Å². The van der Waals surface area contributed by atoms with Crippen LogP contribution in [-0.4, -0.2) is 37.6 Å². The van der Waals surface area contributed by atoms with E-state index < -0.39 is 35.3 Å². The van der Waals surface area contributed by atoms with Crippen molar-refractivity contribution in [1.82, 2.24) is 9.55 Å². The van der Waals surface area contributed by atoms with Crippen molar-refractivity contribution in [2.45, 2.75) is 23.0 Å². The van der Waals surface area contributed by atoms with E-state index >= 15 is 0 Å². The van der Waals surface area contributed by atoms with E-state index in [2.05, 4.69) is 4.98 Å². The lowest BCUT2D eigenvalue weighted by Gasteiger charge is -2.47. The maximum atomic E-state index is 13.3. The lowest BCUT2D eigenvalue weighted by atomic mass is 9.66. The van der Waals surface area contributed by atoms with Gasteiger partial charge in [0.25, 0.3) is 0 Å². The van der Waals surface area contributed by atoms with E-state index in [0.29, 0.717) is 11.1 Å². The quantitative estimate of drug-likeness (QED) is 0.348. The molecule has 5 rings (SSSR count). The summed E-state index contributed by atoms with van der Waals surface area (Å²) in [4.78, 5) is 17.2.